The molecule has 1 aliphatic heterocycles. The number of nitrogens with zero attached hydrogens (tertiary/aromatic N) is 2. The lowest BCUT2D eigenvalue weighted by atomic mass is 9.94. The number of likely N-dealkylation sites (tertiary alicyclic amines) is 1. The van der Waals surface area contributed by atoms with E-state index in [1.807, 2.05) is 35.2 Å². The topological polar surface area (TPSA) is 65.9 Å². The molecule has 1 amide bonds. The predicted octanol–water partition coefficient (Wildman–Crippen LogP) is 6.16. The van der Waals surface area contributed by atoms with Crippen LogP contribution in [-0.2, 0) is 17.4 Å². The molecule has 206 valence electrons. The summed E-state index contributed by atoms with van der Waals surface area (Å²) in [5, 5.41) is 9.01. The Bertz CT molecular complexity index is 1270. The second kappa shape index (κ2) is 12.2. The number of carbonyl (C=O) groups is 1. The number of benzene rings is 3. The molecule has 0 bridgehead atoms. The molecule has 1 fully saturated rings. The Hall–Kier alpha value is -4.01. The Balaban J connectivity index is 1.70. The second-order valence-electron chi connectivity index (χ2n) is 9.40. The summed E-state index contributed by atoms with van der Waals surface area (Å²) in [6.07, 6.45) is -2.17. The van der Waals surface area contributed by atoms with Crippen molar-refractivity contribution in [2.75, 3.05) is 38.8 Å². The van der Waals surface area contributed by atoms with Gasteiger partial charge in [-0.15, -0.1) is 0 Å². The van der Waals surface area contributed by atoms with Crippen molar-refractivity contribution in [3.63, 3.8) is 0 Å². The van der Waals surface area contributed by atoms with Crippen LogP contribution in [0.2, 0.25) is 0 Å². The van der Waals surface area contributed by atoms with Crippen molar-refractivity contribution in [2.45, 2.75) is 31.4 Å². The SMILES string of the molecule is COc1ccc(N(CCc2ccc(C(F)(F)F)cc2)C(=O)C(C(=N)N2CCCC2)c2ccccc2)cc1OC. The molecule has 0 saturated carbocycles. The van der Waals surface area contributed by atoms with Gasteiger partial charge in [-0.2, -0.15) is 13.2 Å². The molecule has 1 N–H and O–H groups in total. The van der Waals surface area contributed by atoms with Gasteiger partial charge in [-0.3, -0.25) is 10.2 Å². The first-order valence-electron chi connectivity index (χ1n) is 12.8. The fraction of sp³-hybridized carbons (Fsp3) is 0.333. The van der Waals surface area contributed by atoms with Gasteiger partial charge in [0.2, 0.25) is 5.91 Å². The van der Waals surface area contributed by atoms with Crippen LogP contribution in [0.4, 0.5) is 18.9 Å². The minimum atomic E-state index is -4.42. The van der Waals surface area contributed by atoms with Gasteiger partial charge in [-0.25, -0.2) is 0 Å². The largest absolute Gasteiger partial charge is 0.493 e. The third-order valence-corrected chi connectivity index (χ3v) is 6.95. The number of anilines is 1. The van der Waals surface area contributed by atoms with Gasteiger partial charge in [0.1, 0.15) is 11.8 Å². The van der Waals surface area contributed by atoms with Gasteiger partial charge < -0.3 is 19.3 Å². The van der Waals surface area contributed by atoms with Gasteiger partial charge in [-0.05, 0) is 54.7 Å². The summed E-state index contributed by atoms with van der Waals surface area (Å²) in [6, 6.07) is 19.3. The minimum Gasteiger partial charge on any atom is -0.493 e. The Morgan fingerprint density at radius 1 is 0.949 bits per heavy atom. The Morgan fingerprint density at radius 3 is 2.18 bits per heavy atom. The molecule has 1 unspecified atom stereocenters. The molecule has 9 heteroatoms. The maximum atomic E-state index is 14.3. The number of halogens is 3. The summed E-state index contributed by atoms with van der Waals surface area (Å²) < 4.78 is 50.0. The quantitative estimate of drug-likeness (QED) is 0.262. The van der Waals surface area contributed by atoms with Crippen LogP contribution in [0.3, 0.4) is 0 Å². The van der Waals surface area contributed by atoms with E-state index in [1.54, 1.807) is 23.1 Å². The molecule has 39 heavy (non-hydrogen) atoms. The highest BCUT2D eigenvalue weighted by molar-refractivity contribution is 6.13. The molecule has 1 atom stereocenters. The van der Waals surface area contributed by atoms with Crippen LogP contribution >= 0.6 is 0 Å². The molecular formula is C30H32F3N3O3. The van der Waals surface area contributed by atoms with Crippen LogP contribution in [0.5, 0.6) is 11.5 Å². The van der Waals surface area contributed by atoms with Crippen LogP contribution in [-0.4, -0.2) is 50.5 Å². The molecule has 6 nitrogen and oxygen atoms in total. The monoisotopic (exact) mass is 539 g/mol. The van der Waals surface area contributed by atoms with E-state index in [0.717, 1.165) is 38.1 Å². The maximum Gasteiger partial charge on any atom is 0.416 e. The number of amides is 1. The number of hydrogen-bond acceptors (Lipinski definition) is 4. The number of rotatable bonds is 9. The number of alkyl halides is 3. The van der Waals surface area contributed by atoms with Gasteiger partial charge >= 0.3 is 6.18 Å². The van der Waals surface area contributed by atoms with E-state index in [9.17, 15) is 18.0 Å². The highest BCUT2D eigenvalue weighted by atomic mass is 19.4. The average molecular weight is 540 g/mol. The van der Waals surface area contributed by atoms with E-state index >= 15 is 0 Å². The summed E-state index contributed by atoms with van der Waals surface area (Å²) in [5.41, 5.74) is 1.19. The molecule has 1 saturated heterocycles. The predicted molar refractivity (Wildman–Crippen MR) is 145 cm³/mol. The Kier molecular flexibility index (Phi) is 8.79. The number of nitrogens with one attached hydrogen (secondary N) is 1. The summed E-state index contributed by atoms with van der Waals surface area (Å²) in [6.45, 7) is 1.63. The number of amidine groups is 1. The highest BCUT2D eigenvalue weighted by Crippen LogP contribution is 2.34. The lowest BCUT2D eigenvalue weighted by Crippen LogP contribution is -2.44. The number of carbonyl (C=O) groups excluding carboxylic acids is 1. The summed E-state index contributed by atoms with van der Waals surface area (Å²) in [5.74, 6) is 0.0416. The van der Waals surface area contributed by atoms with Crippen molar-refractivity contribution in [1.82, 2.24) is 4.90 Å². The van der Waals surface area contributed by atoms with Gasteiger partial charge in [0.15, 0.2) is 11.5 Å². The number of hydrogen-bond donors (Lipinski definition) is 1. The zero-order valence-electron chi connectivity index (χ0n) is 22.0. The molecule has 0 radical (unpaired) electrons. The van der Waals surface area contributed by atoms with E-state index in [4.69, 9.17) is 14.9 Å². The van der Waals surface area contributed by atoms with Crippen molar-refractivity contribution in [2.24, 2.45) is 0 Å². The lowest BCUT2D eigenvalue weighted by Gasteiger charge is -2.31. The summed E-state index contributed by atoms with van der Waals surface area (Å²) in [4.78, 5) is 17.9. The highest BCUT2D eigenvalue weighted by Gasteiger charge is 2.34. The molecule has 1 aliphatic rings. The van der Waals surface area contributed by atoms with Gasteiger partial charge in [0.25, 0.3) is 0 Å². The third-order valence-electron chi connectivity index (χ3n) is 6.95. The maximum absolute atomic E-state index is 14.3. The molecular weight excluding hydrogens is 507 g/mol. The first-order chi connectivity index (χ1) is 18.7. The number of methoxy groups -OCH3 is 2. The van der Waals surface area contributed by atoms with Gasteiger partial charge in [0.05, 0.1) is 19.8 Å². The first-order valence-corrected chi connectivity index (χ1v) is 12.8. The van der Waals surface area contributed by atoms with Crippen molar-refractivity contribution in [3.8, 4) is 11.5 Å². The van der Waals surface area contributed by atoms with Crippen LogP contribution in [0.25, 0.3) is 0 Å². The molecule has 3 aromatic rings. The lowest BCUT2D eigenvalue weighted by molar-refractivity contribution is -0.137. The molecule has 0 aliphatic carbocycles. The van der Waals surface area contributed by atoms with Gasteiger partial charge in [-0.1, -0.05) is 42.5 Å². The van der Waals surface area contributed by atoms with E-state index in [0.29, 0.717) is 34.7 Å². The molecule has 1 heterocycles. The van der Waals surface area contributed by atoms with Crippen LogP contribution < -0.4 is 14.4 Å². The van der Waals surface area contributed by atoms with Crippen LogP contribution in [0.15, 0.2) is 72.8 Å². The normalized spacial score (nSPS) is 14.1. The zero-order valence-corrected chi connectivity index (χ0v) is 22.0. The minimum absolute atomic E-state index is 0.191. The fourth-order valence-electron chi connectivity index (χ4n) is 4.82. The standard InChI is InChI=1S/C30H32F3N3O3/c1-38-25-15-14-24(20-26(25)39-2)36(19-16-21-10-12-23(13-11-21)30(31,32)33)29(37)27(22-8-4-3-5-9-22)28(34)35-17-6-7-18-35/h3-5,8-15,20,27,34H,6-7,16-19H2,1-2H3. The van der Waals surface area contributed by atoms with E-state index in [-0.39, 0.29) is 18.3 Å². The van der Waals surface area contributed by atoms with Crippen molar-refractivity contribution < 1.29 is 27.4 Å². The molecule has 0 spiro atoms. The Labute approximate surface area is 226 Å². The first kappa shape index (κ1) is 28.0. The average Bonchev–Trinajstić information content (AvgIpc) is 3.49. The van der Waals surface area contributed by atoms with Crippen molar-refractivity contribution >= 4 is 17.4 Å². The summed E-state index contributed by atoms with van der Waals surface area (Å²) >= 11 is 0. The van der Waals surface area contributed by atoms with E-state index in [2.05, 4.69) is 0 Å². The molecule has 3 aromatic carbocycles. The van der Waals surface area contributed by atoms with E-state index in [1.165, 1.54) is 26.4 Å². The van der Waals surface area contributed by atoms with Crippen LogP contribution in [0, 0.1) is 5.41 Å². The van der Waals surface area contributed by atoms with E-state index < -0.39 is 17.7 Å². The van der Waals surface area contributed by atoms with Crippen molar-refractivity contribution in [1.29, 1.82) is 5.41 Å². The van der Waals surface area contributed by atoms with Crippen molar-refractivity contribution in [3.05, 3.63) is 89.5 Å². The van der Waals surface area contributed by atoms with Crippen LogP contribution in [0.1, 0.15) is 35.4 Å². The molecule has 0 aromatic heterocycles. The number of ether oxygens (including phenoxy) is 2. The third kappa shape index (κ3) is 6.53. The Morgan fingerprint density at radius 2 is 1.59 bits per heavy atom. The summed E-state index contributed by atoms with van der Waals surface area (Å²) in [7, 11) is 3.03. The fourth-order valence-corrected chi connectivity index (χ4v) is 4.82. The van der Waals surface area contributed by atoms with Gasteiger partial charge in [0, 0.05) is 31.4 Å². The smallest absolute Gasteiger partial charge is 0.416 e. The molecule has 4 rings (SSSR count). The second-order valence-corrected chi connectivity index (χ2v) is 9.40. The zero-order chi connectivity index (χ0) is 28.0.